The number of halogens is 1. The van der Waals surface area contributed by atoms with Crippen LogP contribution in [0, 0.1) is 5.92 Å². The maximum absolute atomic E-state index is 5.54. The molecular formula is C16H25ClN2O2. The van der Waals surface area contributed by atoms with Gasteiger partial charge in [0.15, 0.2) is 0 Å². The van der Waals surface area contributed by atoms with Crippen LogP contribution in [0.5, 0.6) is 5.75 Å². The Labute approximate surface area is 133 Å². The van der Waals surface area contributed by atoms with Crippen LogP contribution in [0.2, 0.25) is 0 Å². The molecule has 0 bridgehead atoms. The largest absolute Gasteiger partial charge is 0.496 e. The van der Waals surface area contributed by atoms with Gasteiger partial charge >= 0.3 is 0 Å². The lowest BCUT2D eigenvalue weighted by molar-refractivity contribution is 0.122. The van der Waals surface area contributed by atoms with Crippen molar-refractivity contribution in [3.63, 3.8) is 0 Å². The van der Waals surface area contributed by atoms with Gasteiger partial charge in [0.1, 0.15) is 5.75 Å². The van der Waals surface area contributed by atoms with E-state index in [1.807, 2.05) is 6.07 Å². The fourth-order valence-corrected chi connectivity index (χ4v) is 3.27. The van der Waals surface area contributed by atoms with Crippen molar-refractivity contribution < 1.29 is 9.47 Å². The van der Waals surface area contributed by atoms with Crippen LogP contribution < -0.4 is 10.1 Å². The Morgan fingerprint density at radius 1 is 1.38 bits per heavy atom. The summed E-state index contributed by atoms with van der Waals surface area (Å²) in [4.78, 5) is 2.59. The first-order valence-corrected chi connectivity index (χ1v) is 7.54. The van der Waals surface area contributed by atoms with Crippen molar-refractivity contribution in [2.45, 2.75) is 12.5 Å². The molecule has 2 atom stereocenters. The Bertz CT molecular complexity index is 438. The molecule has 118 valence electrons. The van der Waals surface area contributed by atoms with E-state index in [4.69, 9.17) is 9.47 Å². The summed E-state index contributed by atoms with van der Waals surface area (Å²) in [5.74, 6) is 1.68. The number of benzene rings is 1. The first kappa shape index (κ1) is 16.6. The molecule has 0 aliphatic carbocycles. The number of ether oxygens (including phenoxy) is 2. The number of rotatable bonds is 4. The summed E-state index contributed by atoms with van der Waals surface area (Å²) in [7, 11) is 1.75. The Balaban J connectivity index is 0.00000161. The summed E-state index contributed by atoms with van der Waals surface area (Å²) < 4.78 is 11.1. The average Bonchev–Trinajstić information content (AvgIpc) is 3.01. The first-order valence-electron chi connectivity index (χ1n) is 7.54. The molecule has 0 spiro atoms. The van der Waals surface area contributed by atoms with Gasteiger partial charge in [-0.1, -0.05) is 18.2 Å². The van der Waals surface area contributed by atoms with Crippen LogP contribution in [0.15, 0.2) is 24.3 Å². The summed E-state index contributed by atoms with van der Waals surface area (Å²) in [5, 5.41) is 3.51. The highest BCUT2D eigenvalue weighted by Gasteiger charge is 2.29. The van der Waals surface area contributed by atoms with Crippen molar-refractivity contribution in [2.75, 3.05) is 46.5 Å². The van der Waals surface area contributed by atoms with Gasteiger partial charge in [-0.3, -0.25) is 4.90 Å². The number of piperazine rings is 1. The van der Waals surface area contributed by atoms with Crippen LogP contribution in [-0.4, -0.2) is 51.4 Å². The zero-order chi connectivity index (χ0) is 13.8. The highest BCUT2D eigenvalue weighted by molar-refractivity contribution is 5.85. The minimum Gasteiger partial charge on any atom is -0.496 e. The smallest absolute Gasteiger partial charge is 0.123 e. The van der Waals surface area contributed by atoms with Crippen LogP contribution in [0.4, 0.5) is 0 Å². The highest BCUT2D eigenvalue weighted by atomic mass is 35.5. The van der Waals surface area contributed by atoms with Gasteiger partial charge in [0.05, 0.1) is 19.8 Å². The molecule has 5 heteroatoms. The number of methoxy groups -OCH3 is 1. The second-order valence-corrected chi connectivity index (χ2v) is 5.69. The van der Waals surface area contributed by atoms with E-state index in [1.54, 1.807) is 7.11 Å². The van der Waals surface area contributed by atoms with E-state index in [1.165, 1.54) is 12.0 Å². The van der Waals surface area contributed by atoms with Gasteiger partial charge in [0.2, 0.25) is 0 Å². The number of hydrogen-bond donors (Lipinski definition) is 1. The predicted molar refractivity (Wildman–Crippen MR) is 86.4 cm³/mol. The summed E-state index contributed by atoms with van der Waals surface area (Å²) in [6.07, 6.45) is 1.20. The molecule has 1 N–H and O–H groups in total. The zero-order valence-electron chi connectivity index (χ0n) is 12.6. The second kappa shape index (κ2) is 7.99. The summed E-state index contributed by atoms with van der Waals surface area (Å²) >= 11 is 0. The van der Waals surface area contributed by atoms with Gasteiger partial charge in [-0.2, -0.15) is 0 Å². The molecule has 4 nitrogen and oxygen atoms in total. The first-order chi connectivity index (χ1) is 9.88. The van der Waals surface area contributed by atoms with Gasteiger partial charge in [-0.15, -0.1) is 12.4 Å². The zero-order valence-corrected chi connectivity index (χ0v) is 13.4. The molecule has 0 radical (unpaired) electrons. The molecule has 0 saturated carbocycles. The van der Waals surface area contributed by atoms with Crippen molar-refractivity contribution in [2.24, 2.45) is 5.92 Å². The van der Waals surface area contributed by atoms with Crippen molar-refractivity contribution in [3.05, 3.63) is 29.8 Å². The van der Waals surface area contributed by atoms with Gasteiger partial charge in [-0.05, 0) is 18.4 Å². The molecule has 0 amide bonds. The van der Waals surface area contributed by atoms with Crippen LogP contribution in [0.1, 0.15) is 18.0 Å². The molecule has 2 unspecified atom stereocenters. The number of para-hydroxylation sites is 1. The fourth-order valence-electron chi connectivity index (χ4n) is 3.27. The third-order valence-corrected chi connectivity index (χ3v) is 4.37. The molecule has 2 aliphatic rings. The van der Waals surface area contributed by atoms with Gasteiger partial charge in [0, 0.05) is 38.3 Å². The Hall–Kier alpha value is -0.810. The summed E-state index contributed by atoms with van der Waals surface area (Å²) in [6, 6.07) is 8.78. The van der Waals surface area contributed by atoms with E-state index in [-0.39, 0.29) is 12.4 Å². The predicted octanol–water partition coefficient (Wildman–Crippen LogP) is 2.10. The minimum atomic E-state index is 0. The topological polar surface area (TPSA) is 33.7 Å². The standard InChI is InChI=1S/C16H24N2O2.ClH/c1-19-16-5-3-2-4-14(16)15-10-17-7-8-18(15)11-13-6-9-20-12-13;/h2-5,13,15,17H,6-12H2,1H3;1H. The van der Waals surface area contributed by atoms with E-state index in [0.29, 0.717) is 12.0 Å². The van der Waals surface area contributed by atoms with Gasteiger partial charge in [0.25, 0.3) is 0 Å². The molecule has 3 rings (SSSR count). The third kappa shape index (κ3) is 3.89. The quantitative estimate of drug-likeness (QED) is 0.923. The SMILES string of the molecule is COc1ccccc1C1CNCCN1CC1CCOC1.Cl. The van der Waals surface area contributed by atoms with E-state index in [0.717, 1.165) is 45.1 Å². The maximum atomic E-state index is 5.54. The molecule has 0 aromatic heterocycles. The van der Waals surface area contributed by atoms with Gasteiger partial charge < -0.3 is 14.8 Å². The molecule has 2 aliphatic heterocycles. The monoisotopic (exact) mass is 312 g/mol. The van der Waals surface area contributed by atoms with Crippen molar-refractivity contribution >= 4 is 12.4 Å². The molecule has 2 heterocycles. The normalized spacial score (nSPS) is 26.3. The van der Waals surface area contributed by atoms with Crippen LogP contribution in [0.25, 0.3) is 0 Å². The minimum absolute atomic E-state index is 0. The highest BCUT2D eigenvalue weighted by Crippen LogP contribution is 2.31. The molecule has 2 fully saturated rings. The Kier molecular flexibility index (Phi) is 6.30. The Morgan fingerprint density at radius 3 is 3.00 bits per heavy atom. The number of nitrogens with one attached hydrogen (secondary N) is 1. The van der Waals surface area contributed by atoms with Crippen molar-refractivity contribution in [1.82, 2.24) is 10.2 Å². The van der Waals surface area contributed by atoms with Crippen LogP contribution >= 0.6 is 12.4 Å². The van der Waals surface area contributed by atoms with Gasteiger partial charge in [-0.25, -0.2) is 0 Å². The lowest BCUT2D eigenvalue weighted by Crippen LogP contribution is -2.47. The van der Waals surface area contributed by atoms with Crippen LogP contribution in [0.3, 0.4) is 0 Å². The molecule has 1 aromatic rings. The van der Waals surface area contributed by atoms with Crippen molar-refractivity contribution in [3.8, 4) is 5.75 Å². The number of nitrogens with zero attached hydrogens (tertiary/aromatic N) is 1. The fraction of sp³-hybridized carbons (Fsp3) is 0.625. The maximum Gasteiger partial charge on any atom is 0.123 e. The average molecular weight is 313 g/mol. The summed E-state index contributed by atoms with van der Waals surface area (Å²) in [6.45, 7) is 6.13. The van der Waals surface area contributed by atoms with E-state index in [9.17, 15) is 0 Å². The van der Waals surface area contributed by atoms with E-state index >= 15 is 0 Å². The lowest BCUT2D eigenvalue weighted by Gasteiger charge is -2.38. The van der Waals surface area contributed by atoms with E-state index < -0.39 is 0 Å². The van der Waals surface area contributed by atoms with Crippen molar-refractivity contribution in [1.29, 1.82) is 0 Å². The molecule has 1 aromatic carbocycles. The number of hydrogen-bond acceptors (Lipinski definition) is 4. The molecule has 2 saturated heterocycles. The molecular weight excluding hydrogens is 288 g/mol. The lowest BCUT2D eigenvalue weighted by atomic mass is 9.99. The molecule has 21 heavy (non-hydrogen) atoms. The third-order valence-electron chi connectivity index (χ3n) is 4.37. The summed E-state index contributed by atoms with van der Waals surface area (Å²) in [5.41, 5.74) is 1.29. The second-order valence-electron chi connectivity index (χ2n) is 5.69. The van der Waals surface area contributed by atoms with E-state index in [2.05, 4.69) is 28.4 Å². The van der Waals surface area contributed by atoms with Crippen LogP contribution in [-0.2, 0) is 4.74 Å². The Morgan fingerprint density at radius 2 is 2.24 bits per heavy atom.